The van der Waals surface area contributed by atoms with Crippen molar-refractivity contribution in [3.63, 3.8) is 0 Å². The van der Waals surface area contributed by atoms with Crippen molar-refractivity contribution < 1.29 is 32.6 Å². The second kappa shape index (κ2) is 13.1. The molecular formula is C29H32F3NO4. The third kappa shape index (κ3) is 8.51. The van der Waals surface area contributed by atoms with Crippen LogP contribution in [0.5, 0.6) is 5.75 Å². The molecule has 2 aromatic carbocycles. The molecule has 0 saturated heterocycles. The number of ether oxygens (including phenoxy) is 1. The highest BCUT2D eigenvalue weighted by atomic mass is 19.4. The highest BCUT2D eigenvalue weighted by Gasteiger charge is 2.30. The van der Waals surface area contributed by atoms with Gasteiger partial charge >= 0.3 is 12.1 Å². The normalized spacial score (nSPS) is 16.1. The fourth-order valence-corrected chi connectivity index (χ4v) is 4.11. The topological polar surface area (TPSA) is 75.6 Å². The molecule has 1 aliphatic carbocycles. The number of rotatable bonds is 12. The van der Waals surface area contributed by atoms with Gasteiger partial charge in [-0.1, -0.05) is 62.3 Å². The number of carbonyl (C=O) groups excluding carboxylic acids is 1. The number of amides is 1. The summed E-state index contributed by atoms with van der Waals surface area (Å²) in [7, 11) is 0. The summed E-state index contributed by atoms with van der Waals surface area (Å²) < 4.78 is 44.8. The van der Waals surface area contributed by atoms with E-state index < -0.39 is 17.7 Å². The van der Waals surface area contributed by atoms with Crippen molar-refractivity contribution in [2.24, 2.45) is 5.92 Å². The Morgan fingerprint density at radius 3 is 2.24 bits per heavy atom. The zero-order valence-corrected chi connectivity index (χ0v) is 20.8. The van der Waals surface area contributed by atoms with Gasteiger partial charge in [-0.05, 0) is 60.2 Å². The molecule has 1 aliphatic rings. The molecule has 8 heteroatoms. The van der Waals surface area contributed by atoms with Crippen LogP contribution in [0, 0.1) is 5.92 Å². The molecule has 2 unspecified atom stereocenters. The molecule has 198 valence electrons. The first-order valence-corrected chi connectivity index (χ1v) is 12.5. The van der Waals surface area contributed by atoms with Gasteiger partial charge in [0.2, 0.25) is 5.91 Å². The Morgan fingerprint density at radius 1 is 1.05 bits per heavy atom. The number of nitrogens with one attached hydrogen (secondary N) is 1. The lowest BCUT2D eigenvalue weighted by Gasteiger charge is -2.24. The molecule has 0 spiro atoms. The summed E-state index contributed by atoms with van der Waals surface area (Å²) >= 11 is 0. The van der Waals surface area contributed by atoms with Crippen molar-refractivity contribution in [3.05, 3.63) is 77.9 Å². The maximum Gasteiger partial charge on any atom is 0.416 e. The van der Waals surface area contributed by atoms with Crippen LogP contribution >= 0.6 is 0 Å². The molecule has 2 N–H and O–H groups in total. The van der Waals surface area contributed by atoms with Gasteiger partial charge in [0.05, 0.1) is 17.9 Å². The minimum atomic E-state index is -4.37. The standard InChI is InChI=1S/C29H32F3NO4/c1-2-3-4-5-26(22-6-8-23(9-7-22)28(36)33-19-18-27(34)35)37-25-16-12-21(13-17-25)20-10-14-24(15-11-20)29(30,31)32/h6-8,10-17,23,26H,2-5,9,18-19H2,1H3,(H,33,36)(H,34,35). The fourth-order valence-electron chi connectivity index (χ4n) is 4.11. The minimum absolute atomic E-state index is 0.0975. The number of aliphatic carboxylic acids is 1. The lowest BCUT2D eigenvalue weighted by Crippen LogP contribution is -2.32. The Balaban J connectivity index is 1.65. The molecule has 0 fully saturated rings. The van der Waals surface area contributed by atoms with E-state index in [0.29, 0.717) is 17.7 Å². The number of allylic oxidation sites excluding steroid dienone is 1. The van der Waals surface area contributed by atoms with Crippen molar-refractivity contribution in [1.82, 2.24) is 5.32 Å². The molecule has 1 amide bonds. The van der Waals surface area contributed by atoms with E-state index in [1.54, 1.807) is 0 Å². The molecule has 37 heavy (non-hydrogen) atoms. The van der Waals surface area contributed by atoms with E-state index in [1.807, 2.05) is 42.5 Å². The van der Waals surface area contributed by atoms with Crippen molar-refractivity contribution in [2.75, 3.05) is 6.54 Å². The molecule has 0 aromatic heterocycles. The molecular weight excluding hydrogens is 483 g/mol. The molecule has 2 aromatic rings. The van der Waals surface area contributed by atoms with E-state index in [-0.39, 0.29) is 30.9 Å². The van der Waals surface area contributed by atoms with Crippen LogP contribution in [0.25, 0.3) is 11.1 Å². The van der Waals surface area contributed by atoms with Crippen LogP contribution in [0.1, 0.15) is 51.0 Å². The second-order valence-corrected chi connectivity index (χ2v) is 9.04. The molecule has 3 rings (SSSR count). The number of carboxylic acid groups (broad SMARTS) is 1. The van der Waals surface area contributed by atoms with Crippen LogP contribution in [-0.2, 0) is 15.8 Å². The van der Waals surface area contributed by atoms with Crippen LogP contribution in [-0.4, -0.2) is 29.6 Å². The molecule has 0 saturated carbocycles. The summed E-state index contributed by atoms with van der Waals surface area (Å²) in [5, 5.41) is 11.4. The third-order valence-electron chi connectivity index (χ3n) is 6.22. The van der Waals surface area contributed by atoms with E-state index in [0.717, 1.165) is 49.0 Å². The van der Waals surface area contributed by atoms with E-state index in [1.165, 1.54) is 12.1 Å². The average Bonchev–Trinajstić information content (AvgIpc) is 2.88. The number of alkyl halides is 3. The number of carboxylic acids is 1. The van der Waals surface area contributed by atoms with Crippen LogP contribution < -0.4 is 10.1 Å². The maximum atomic E-state index is 12.8. The Morgan fingerprint density at radius 2 is 1.70 bits per heavy atom. The predicted molar refractivity (Wildman–Crippen MR) is 136 cm³/mol. The number of benzene rings is 2. The van der Waals surface area contributed by atoms with Crippen molar-refractivity contribution in [1.29, 1.82) is 0 Å². The van der Waals surface area contributed by atoms with Gasteiger partial charge in [0.25, 0.3) is 0 Å². The molecule has 2 atom stereocenters. The molecule has 0 radical (unpaired) electrons. The largest absolute Gasteiger partial charge is 0.486 e. The van der Waals surface area contributed by atoms with Gasteiger partial charge in [0.1, 0.15) is 11.9 Å². The fraction of sp³-hybridized carbons (Fsp3) is 0.379. The molecule has 0 heterocycles. The number of hydrogen-bond acceptors (Lipinski definition) is 3. The highest BCUT2D eigenvalue weighted by molar-refractivity contribution is 5.81. The van der Waals surface area contributed by atoms with E-state index in [2.05, 4.69) is 12.2 Å². The zero-order valence-electron chi connectivity index (χ0n) is 20.8. The van der Waals surface area contributed by atoms with Gasteiger partial charge in [-0.2, -0.15) is 13.2 Å². The lowest BCUT2D eigenvalue weighted by atomic mass is 9.91. The molecule has 0 aliphatic heterocycles. The summed E-state index contributed by atoms with van der Waals surface area (Å²) in [5.74, 6) is -0.854. The van der Waals surface area contributed by atoms with Gasteiger partial charge in [0.15, 0.2) is 0 Å². The zero-order chi connectivity index (χ0) is 26.8. The van der Waals surface area contributed by atoms with Crippen molar-refractivity contribution >= 4 is 11.9 Å². The summed E-state index contributed by atoms with van der Waals surface area (Å²) in [5.41, 5.74) is 1.78. The number of unbranched alkanes of at least 4 members (excludes halogenated alkanes) is 2. The van der Waals surface area contributed by atoms with Crippen molar-refractivity contribution in [3.8, 4) is 16.9 Å². The predicted octanol–water partition coefficient (Wildman–Crippen LogP) is 6.79. The van der Waals surface area contributed by atoms with Crippen LogP contribution in [0.15, 0.2) is 72.3 Å². The Labute approximate surface area is 215 Å². The lowest BCUT2D eigenvalue weighted by molar-refractivity contribution is -0.138. The Hall–Kier alpha value is -3.55. The van der Waals surface area contributed by atoms with Gasteiger partial charge < -0.3 is 15.2 Å². The third-order valence-corrected chi connectivity index (χ3v) is 6.22. The number of halogens is 3. The first-order chi connectivity index (χ1) is 17.7. The summed E-state index contributed by atoms with van der Waals surface area (Å²) in [6.07, 6.45) is 5.47. The Bertz CT molecular complexity index is 1110. The smallest absolute Gasteiger partial charge is 0.416 e. The van der Waals surface area contributed by atoms with Gasteiger partial charge in [-0.25, -0.2) is 0 Å². The monoisotopic (exact) mass is 515 g/mol. The van der Waals surface area contributed by atoms with Gasteiger partial charge in [-0.3, -0.25) is 9.59 Å². The summed E-state index contributed by atoms with van der Waals surface area (Å²) in [6.45, 7) is 2.23. The average molecular weight is 516 g/mol. The summed E-state index contributed by atoms with van der Waals surface area (Å²) in [6, 6.07) is 12.3. The van der Waals surface area contributed by atoms with Crippen LogP contribution in [0.4, 0.5) is 13.2 Å². The SMILES string of the molecule is CCCCCC(Oc1ccc(-c2ccc(C(F)(F)F)cc2)cc1)C1=CCC(C(=O)NCCC(=O)O)C=C1. The van der Waals surface area contributed by atoms with Gasteiger partial charge in [-0.15, -0.1) is 0 Å². The first-order valence-electron chi connectivity index (χ1n) is 12.5. The number of carbonyl (C=O) groups is 2. The first kappa shape index (κ1) is 28.0. The van der Waals surface area contributed by atoms with E-state index in [9.17, 15) is 22.8 Å². The highest BCUT2D eigenvalue weighted by Crippen LogP contribution is 2.32. The summed E-state index contributed by atoms with van der Waals surface area (Å²) in [4.78, 5) is 22.9. The number of hydrogen-bond donors (Lipinski definition) is 2. The molecule has 5 nitrogen and oxygen atoms in total. The Kier molecular flexibility index (Phi) is 9.94. The van der Waals surface area contributed by atoms with E-state index in [4.69, 9.17) is 9.84 Å². The quantitative estimate of drug-likeness (QED) is 0.305. The van der Waals surface area contributed by atoms with Crippen molar-refractivity contribution in [2.45, 2.75) is 57.7 Å². The van der Waals surface area contributed by atoms with Crippen LogP contribution in [0.3, 0.4) is 0 Å². The van der Waals surface area contributed by atoms with Crippen LogP contribution in [0.2, 0.25) is 0 Å². The van der Waals surface area contributed by atoms with E-state index >= 15 is 0 Å². The van der Waals surface area contributed by atoms with Gasteiger partial charge in [0, 0.05) is 6.54 Å². The maximum absolute atomic E-state index is 12.8. The minimum Gasteiger partial charge on any atom is -0.486 e. The molecule has 0 bridgehead atoms. The second-order valence-electron chi connectivity index (χ2n) is 9.04.